The van der Waals surface area contributed by atoms with Crippen molar-refractivity contribution >= 4 is 33.2 Å². The molecule has 0 aliphatic heterocycles. The molecule has 162 valence electrons. The third-order valence-electron chi connectivity index (χ3n) is 4.30. The summed E-state index contributed by atoms with van der Waals surface area (Å²) in [6, 6.07) is 13.4. The van der Waals surface area contributed by atoms with Gasteiger partial charge in [0.15, 0.2) is 5.75 Å². The predicted octanol–water partition coefficient (Wildman–Crippen LogP) is 3.50. The van der Waals surface area contributed by atoms with Crippen LogP contribution in [0.2, 0.25) is 0 Å². The summed E-state index contributed by atoms with van der Waals surface area (Å²) < 4.78 is 28.5. The molecule has 0 aliphatic carbocycles. The Kier molecular flexibility index (Phi) is 5.92. The van der Waals surface area contributed by atoms with Gasteiger partial charge in [0.2, 0.25) is 16.0 Å². The second-order valence-corrected chi connectivity index (χ2v) is 8.31. The summed E-state index contributed by atoms with van der Waals surface area (Å²) in [5, 5.41) is 11.4. The maximum Gasteiger partial charge on any atom is 0.238 e. The van der Waals surface area contributed by atoms with Crippen molar-refractivity contribution in [1.82, 2.24) is 19.9 Å². The lowest BCUT2D eigenvalue weighted by Crippen LogP contribution is -2.11. The van der Waals surface area contributed by atoms with E-state index >= 15 is 0 Å². The highest BCUT2D eigenvalue weighted by molar-refractivity contribution is 7.89. The first-order chi connectivity index (χ1) is 15.4. The smallest absolute Gasteiger partial charge is 0.238 e. The number of aryl methyl sites for hydroxylation is 1. The summed E-state index contributed by atoms with van der Waals surface area (Å²) >= 11 is 0. The van der Waals surface area contributed by atoms with Crippen LogP contribution >= 0.6 is 0 Å². The normalized spacial score (nSPS) is 11.1. The van der Waals surface area contributed by atoms with E-state index in [4.69, 9.17) is 9.88 Å². The van der Waals surface area contributed by atoms with E-state index in [-0.39, 0.29) is 4.90 Å². The van der Waals surface area contributed by atoms with Gasteiger partial charge in [-0.15, -0.1) is 0 Å². The molecule has 2 aromatic heterocycles. The number of hydrogen-bond acceptors (Lipinski definition) is 9. The SMILES string of the molecule is Cc1cnc(Nc2ccc(S(N)(=O)=O)cc2)nc1Nc1ccc(Oc2cncnc2)cc1. The summed E-state index contributed by atoms with van der Waals surface area (Å²) in [7, 11) is -3.74. The van der Waals surface area contributed by atoms with E-state index in [1.165, 1.54) is 18.5 Å². The van der Waals surface area contributed by atoms with Gasteiger partial charge in [0.25, 0.3) is 0 Å². The van der Waals surface area contributed by atoms with Crippen LogP contribution in [0, 0.1) is 6.92 Å². The molecule has 0 fully saturated rings. The predicted molar refractivity (Wildman–Crippen MR) is 120 cm³/mol. The molecule has 0 saturated carbocycles. The van der Waals surface area contributed by atoms with Crippen LogP contribution in [0.3, 0.4) is 0 Å². The van der Waals surface area contributed by atoms with Crippen molar-refractivity contribution in [3.63, 3.8) is 0 Å². The van der Waals surface area contributed by atoms with E-state index in [9.17, 15) is 8.42 Å². The summed E-state index contributed by atoms with van der Waals surface area (Å²) in [6.07, 6.45) is 6.29. The van der Waals surface area contributed by atoms with Gasteiger partial charge in [-0.05, 0) is 55.5 Å². The minimum Gasteiger partial charge on any atom is -0.454 e. The minimum atomic E-state index is -3.74. The lowest BCUT2D eigenvalue weighted by Gasteiger charge is -2.12. The lowest BCUT2D eigenvalue weighted by molar-refractivity contribution is 0.477. The Morgan fingerprint density at radius 2 is 1.47 bits per heavy atom. The molecule has 4 rings (SSSR count). The first kappa shape index (κ1) is 21.2. The molecule has 32 heavy (non-hydrogen) atoms. The van der Waals surface area contributed by atoms with Crippen molar-refractivity contribution in [3.05, 3.63) is 79.0 Å². The number of nitrogens with zero attached hydrogens (tertiary/aromatic N) is 4. The minimum absolute atomic E-state index is 0.0300. The van der Waals surface area contributed by atoms with Crippen LogP contribution in [0.4, 0.5) is 23.1 Å². The van der Waals surface area contributed by atoms with E-state index in [0.717, 1.165) is 11.3 Å². The van der Waals surface area contributed by atoms with Gasteiger partial charge in [-0.25, -0.2) is 28.5 Å². The largest absolute Gasteiger partial charge is 0.454 e. The maximum atomic E-state index is 11.4. The van der Waals surface area contributed by atoms with Crippen LogP contribution in [0.1, 0.15) is 5.56 Å². The van der Waals surface area contributed by atoms with E-state index in [1.54, 1.807) is 30.7 Å². The highest BCUT2D eigenvalue weighted by Crippen LogP contribution is 2.25. The molecule has 0 unspecified atom stereocenters. The number of anilines is 4. The Bertz CT molecular complexity index is 1310. The number of nitrogens with one attached hydrogen (secondary N) is 2. The first-order valence-electron chi connectivity index (χ1n) is 9.40. The number of sulfonamides is 1. The third-order valence-corrected chi connectivity index (χ3v) is 5.23. The van der Waals surface area contributed by atoms with Crippen LogP contribution in [-0.4, -0.2) is 28.4 Å². The number of nitrogens with two attached hydrogens (primary N) is 1. The van der Waals surface area contributed by atoms with E-state index in [1.807, 2.05) is 31.2 Å². The Labute approximate surface area is 184 Å². The fourth-order valence-electron chi connectivity index (χ4n) is 2.70. The number of rotatable bonds is 7. The first-order valence-corrected chi connectivity index (χ1v) is 10.9. The van der Waals surface area contributed by atoms with Crippen molar-refractivity contribution in [2.45, 2.75) is 11.8 Å². The Morgan fingerprint density at radius 1 is 0.844 bits per heavy atom. The Hall–Kier alpha value is -4.09. The highest BCUT2D eigenvalue weighted by atomic mass is 32.2. The van der Waals surface area contributed by atoms with Crippen molar-refractivity contribution in [2.75, 3.05) is 10.6 Å². The quantitative estimate of drug-likeness (QED) is 0.386. The van der Waals surface area contributed by atoms with Gasteiger partial charge in [-0.2, -0.15) is 4.98 Å². The molecule has 0 aliphatic rings. The fourth-order valence-corrected chi connectivity index (χ4v) is 3.22. The molecule has 10 nitrogen and oxygen atoms in total. The summed E-state index contributed by atoms with van der Waals surface area (Å²) in [4.78, 5) is 16.6. The number of primary sulfonamides is 1. The van der Waals surface area contributed by atoms with Crippen molar-refractivity contribution in [2.24, 2.45) is 5.14 Å². The number of aromatic nitrogens is 4. The Morgan fingerprint density at radius 3 is 2.12 bits per heavy atom. The molecule has 0 saturated heterocycles. The second-order valence-electron chi connectivity index (χ2n) is 6.75. The lowest BCUT2D eigenvalue weighted by atomic mass is 10.2. The molecule has 11 heteroatoms. The van der Waals surface area contributed by atoms with Gasteiger partial charge in [0.05, 0.1) is 17.3 Å². The van der Waals surface area contributed by atoms with Gasteiger partial charge >= 0.3 is 0 Å². The number of ether oxygens (including phenoxy) is 1. The molecular formula is C21H19N7O3S. The molecule has 0 spiro atoms. The van der Waals surface area contributed by atoms with Crippen LogP contribution in [-0.2, 0) is 10.0 Å². The molecule has 0 radical (unpaired) electrons. The number of hydrogen-bond donors (Lipinski definition) is 3. The van der Waals surface area contributed by atoms with Crippen LogP contribution in [0.15, 0.2) is 78.3 Å². The zero-order valence-corrected chi connectivity index (χ0v) is 17.7. The van der Waals surface area contributed by atoms with E-state index in [2.05, 4.69) is 30.6 Å². The zero-order chi connectivity index (χ0) is 22.6. The fraction of sp³-hybridized carbons (Fsp3) is 0.0476. The third kappa shape index (κ3) is 5.33. The summed E-state index contributed by atoms with van der Waals surface area (Å²) in [5.41, 5.74) is 2.28. The van der Waals surface area contributed by atoms with Gasteiger partial charge in [-0.3, -0.25) is 0 Å². The molecule has 0 bridgehead atoms. The van der Waals surface area contributed by atoms with E-state index < -0.39 is 10.0 Å². The molecular weight excluding hydrogens is 430 g/mol. The standard InChI is InChI=1S/C21H19N7O3S/c1-14-10-25-21(27-16-4-8-19(9-5-16)32(22,29)30)28-20(14)26-15-2-6-17(7-3-15)31-18-11-23-13-24-12-18/h2-13H,1H3,(H2,22,29,30)(H2,25,26,27,28). The molecule has 2 aromatic carbocycles. The summed E-state index contributed by atoms with van der Waals surface area (Å²) in [5.74, 6) is 2.17. The molecule has 0 atom stereocenters. The van der Waals surface area contributed by atoms with Crippen LogP contribution in [0.5, 0.6) is 11.5 Å². The van der Waals surface area contributed by atoms with Crippen LogP contribution in [0.25, 0.3) is 0 Å². The summed E-state index contributed by atoms with van der Waals surface area (Å²) in [6.45, 7) is 1.89. The van der Waals surface area contributed by atoms with Crippen LogP contribution < -0.4 is 20.5 Å². The monoisotopic (exact) mass is 449 g/mol. The second kappa shape index (κ2) is 8.96. The molecule has 4 aromatic rings. The Balaban J connectivity index is 1.46. The maximum absolute atomic E-state index is 11.4. The highest BCUT2D eigenvalue weighted by Gasteiger charge is 2.09. The van der Waals surface area contributed by atoms with Crippen molar-refractivity contribution < 1.29 is 13.2 Å². The van der Waals surface area contributed by atoms with Crippen molar-refractivity contribution in [3.8, 4) is 11.5 Å². The van der Waals surface area contributed by atoms with Gasteiger partial charge in [0.1, 0.15) is 17.9 Å². The molecule has 4 N–H and O–H groups in total. The van der Waals surface area contributed by atoms with E-state index in [0.29, 0.717) is 29.0 Å². The van der Waals surface area contributed by atoms with Gasteiger partial charge in [-0.1, -0.05) is 0 Å². The average molecular weight is 449 g/mol. The zero-order valence-electron chi connectivity index (χ0n) is 16.9. The molecule has 0 amide bonds. The van der Waals surface area contributed by atoms with Crippen molar-refractivity contribution in [1.29, 1.82) is 0 Å². The topological polar surface area (TPSA) is 145 Å². The number of benzene rings is 2. The average Bonchev–Trinajstić information content (AvgIpc) is 2.78. The van der Waals surface area contributed by atoms with Gasteiger partial charge in [0, 0.05) is 23.1 Å². The van der Waals surface area contributed by atoms with Gasteiger partial charge < -0.3 is 15.4 Å². The molecule has 2 heterocycles.